The van der Waals surface area contributed by atoms with E-state index in [1.54, 1.807) is 11.3 Å². The number of morpholine rings is 1. The summed E-state index contributed by atoms with van der Waals surface area (Å²) in [5.74, 6) is 0.139. The van der Waals surface area contributed by atoms with Crippen LogP contribution in [0.25, 0.3) is 0 Å². The van der Waals surface area contributed by atoms with Crippen molar-refractivity contribution in [2.75, 3.05) is 45.9 Å². The number of thiophene rings is 1. The van der Waals surface area contributed by atoms with E-state index in [0.29, 0.717) is 19.1 Å². The molecule has 2 aliphatic heterocycles. The normalized spacial score (nSPS) is 23.5. The average Bonchev–Trinajstić information content (AvgIpc) is 3.25. The summed E-state index contributed by atoms with van der Waals surface area (Å²) in [5.41, 5.74) is -0.0302. The van der Waals surface area contributed by atoms with Gasteiger partial charge in [0.2, 0.25) is 5.91 Å². The number of amides is 1. The van der Waals surface area contributed by atoms with Gasteiger partial charge in [-0.05, 0) is 44.7 Å². The molecule has 0 aromatic carbocycles. The fourth-order valence-corrected chi connectivity index (χ4v) is 4.55. The molecule has 2 fully saturated rings. The number of nitrogens with zero attached hydrogens (tertiary/aromatic N) is 2. The predicted octanol–water partition coefficient (Wildman–Crippen LogP) is 2.11. The van der Waals surface area contributed by atoms with Crippen molar-refractivity contribution in [3.05, 3.63) is 22.4 Å². The Bertz CT molecular complexity index is 526. The number of carbonyl (C=O) groups excluding carboxylic acids is 1. The molecule has 1 N–H and O–H groups in total. The van der Waals surface area contributed by atoms with Gasteiger partial charge in [0.15, 0.2) is 0 Å². The van der Waals surface area contributed by atoms with Gasteiger partial charge in [0, 0.05) is 36.1 Å². The van der Waals surface area contributed by atoms with Crippen molar-refractivity contribution in [2.45, 2.75) is 38.3 Å². The molecule has 3 heterocycles. The maximum absolute atomic E-state index is 12.5. The van der Waals surface area contributed by atoms with Crippen LogP contribution in [-0.4, -0.2) is 67.2 Å². The topological polar surface area (TPSA) is 44.8 Å². The van der Waals surface area contributed by atoms with E-state index >= 15 is 0 Å². The van der Waals surface area contributed by atoms with Gasteiger partial charge in [-0.1, -0.05) is 6.07 Å². The molecule has 3 rings (SSSR count). The van der Waals surface area contributed by atoms with Crippen LogP contribution in [-0.2, 0) is 9.53 Å². The predicted molar refractivity (Wildman–Crippen MR) is 97.3 cm³/mol. The van der Waals surface area contributed by atoms with E-state index in [-0.39, 0.29) is 11.4 Å². The quantitative estimate of drug-likeness (QED) is 0.853. The highest BCUT2D eigenvalue weighted by Crippen LogP contribution is 2.33. The van der Waals surface area contributed by atoms with Crippen LogP contribution in [0.4, 0.5) is 0 Å². The van der Waals surface area contributed by atoms with E-state index in [2.05, 4.69) is 46.5 Å². The van der Waals surface area contributed by atoms with Crippen LogP contribution < -0.4 is 5.32 Å². The molecule has 0 bridgehead atoms. The van der Waals surface area contributed by atoms with Gasteiger partial charge in [-0.25, -0.2) is 0 Å². The Kier molecular flexibility index (Phi) is 5.92. The number of likely N-dealkylation sites (tertiary alicyclic amines) is 1. The summed E-state index contributed by atoms with van der Waals surface area (Å²) < 4.78 is 5.42. The molecular formula is C18H29N3O2S. The van der Waals surface area contributed by atoms with Crippen LogP contribution in [0.15, 0.2) is 17.5 Å². The number of hydrogen-bond donors (Lipinski definition) is 1. The average molecular weight is 352 g/mol. The zero-order valence-corrected chi connectivity index (χ0v) is 15.6. The van der Waals surface area contributed by atoms with Crippen LogP contribution in [0.2, 0.25) is 0 Å². The van der Waals surface area contributed by atoms with E-state index in [4.69, 9.17) is 4.74 Å². The summed E-state index contributed by atoms with van der Waals surface area (Å²) in [6, 6.07) is 4.71. The fraction of sp³-hybridized carbons (Fsp3) is 0.722. The van der Waals surface area contributed by atoms with Crippen LogP contribution in [0.3, 0.4) is 0 Å². The second-order valence-electron chi connectivity index (χ2n) is 7.33. The van der Waals surface area contributed by atoms with E-state index < -0.39 is 0 Å². The highest BCUT2D eigenvalue weighted by molar-refractivity contribution is 7.10. The molecule has 0 spiro atoms. The first-order valence-corrected chi connectivity index (χ1v) is 9.81. The zero-order valence-electron chi connectivity index (χ0n) is 14.8. The Morgan fingerprint density at radius 2 is 2.17 bits per heavy atom. The van der Waals surface area contributed by atoms with Gasteiger partial charge in [-0.15, -0.1) is 11.3 Å². The largest absolute Gasteiger partial charge is 0.379 e. The molecule has 24 heavy (non-hydrogen) atoms. The fourth-order valence-electron chi connectivity index (χ4n) is 3.65. The number of ether oxygens (including phenoxy) is 1. The molecule has 1 aromatic rings. The van der Waals surface area contributed by atoms with Crippen molar-refractivity contribution >= 4 is 17.2 Å². The number of hydrogen-bond acceptors (Lipinski definition) is 5. The summed E-state index contributed by atoms with van der Waals surface area (Å²) in [6.07, 6.45) is 2.34. The molecule has 1 amide bonds. The van der Waals surface area contributed by atoms with Gasteiger partial charge in [0.05, 0.1) is 19.8 Å². The third kappa shape index (κ3) is 4.36. The minimum atomic E-state index is -0.0302. The molecule has 6 heteroatoms. The lowest BCUT2D eigenvalue weighted by atomic mass is 10.0. The lowest BCUT2D eigenvalue weighted by Crippen LogP contribution is -2.56. The molecule has 2 saturated heterocycles. The van der Waals surface area contributed by atoms with Gasteiger partial charge in [-0.3, -0.25) is 14.6 Å². The smallest absolute Gasteiger partial charge is 0.234 e. The Labute approximate surface area is 149 Å². The molecule has 134 valence electrons. The van der Waals surface area contributed by atoms with E-state index in [1.165, 1.54) is 11.3 Å². The summed E-state index contributed by atoms with van der Waals surface area (Å²) >= 11 is 1.80. The zero-order chi connectivity index (χ0) is 17.0. The highest BCUT2D eigenvalue weighted by atomic mass is 32.1. The van der Waals surface area contributed by atoms with Crippen molar-refractivity contribution in [2.24, 2.45) is 0 Å². The van der Waals surface area contributed by atoms with Gasteiger partial charge in [0.1, 0.15) is 0 Å². The van der Waals surface area contributed by atoms with Gasteiger partial charge >= 0.3 is 0 Å². The molecule has 1 unspecified atom stereocenters. The maximum atomic E-state index is 12.5. The summed E-state index contributed by atoms with van der Waals surface area (Å²) in [6.45, 7) is 10.0. The van der Waals surface area contributed by atoms with E-state index in [9.17, 15) is 4.79 Å². The van der Waals surface area contributed by atoms with Gasteiger partial charge in [0.25, 0.3) is 0 Å². The summed E-state index contributed by atoms with van der Waals surface area (Å²) in [4.78, 5) is 18.6. The monoisotopic (exact) mass is 351 g/mol. The van der Waals surface area contributed by atoms with Crippen molar-refractivity contribution < 1.29 is 9.53 Å². The Morgan fingerprint density at radius 3 is 2.88 bits per heavy atom. The number of carbonyl (C=O) groups is 1. The third-order valence-electron chi connectivity index (χ3n) is 5.17. The number of rotatable bonds is 6. The molecule has 0 radical (unpaired) electrons. The van der Waals surface area contributed by atoms with Crippen molar-refractivity contribution in [3.8, 4) is 0 Å². The molecule has 1 aromatic heterocycles. The molecule has 5 nitrogen and oxygen atoms in total. The van der Waals surface area contributed by atoms with E-state index in [1.807, 2.05) is 0 Å². The van der Waals surface area contributed by atoms with Crippen LogP contribution in [0, 0.1) is 0 Å². The van der Waals surface area contributed by atoms with Crippen LogP contribution >= 0.6 is 11.3 Å². The lowest BCUT2D eigenvalue weighted by Gasteiger charge is -2.41. The van der Waals surface area contributed by atoms with Gasteiger partial charge < -0.3 is 10.1 Å². The first kappa shape index (κ1) is 17.9. The van der Waals surface area contributed by atoms with Crippen molar-refractivity contribution in [1.29, 1.82) is 0 Å². The first-order valence-electron chi connectivity index (χ1n) is 8.93. The molecule has 0 saturated carbocycles. The Balaban J connectivity index is 1.48. The first-order chi connectivity index (χ1) is 11.6. The second kappa shape index (κ2) is 7.95. The molecular weight excluding hydrogens is 322 g/mol. The minimum absolute atomic E-state index is 0.0302. The minimum Gasteiger partial charge on any atom is -0.379 e. The molecule has 0 aliphatic carbocycles. The SMILES string of the molecule is CC(C)(CNC(=O)CN1CCCC1c1cccs1)N1CCOCC1. The Hall–Kier alpha value is -0.950. The molecule has 2 aliphatic rings. The number of nitrogens with one attached hydrogen (secondary N) is 1. The Morgan fingerprint density at radius 1 is 1.38 bits per heavy atom. The summed E-state index contributed by atoms with van der Waals surface area (Å²) in [7, 11) is 0. The van der Waals surface area contributed by atoms with Crippen LogP contribution in [0.5, 0.6) is 0 Å². The van der Waals surface area contributed by atoms with Crippen LogP contribution in [0.1, 0.15) is 37.6 Å². The van der Waals surface area contributed by atoms with Crippen molar-refractivity contribution in [3.63, 3.8) is 0 Å². The maximum Gasteiger partial charge on any atom is 0.234 e. The van der Waals surface area contributed by atoms with Gasteiger partial charge in [-0.2, -0.15) is 0 Å². The molecule has 1 atom stereocenters. The van der Waals surface area contributed by atoms with Crippen molar-refractivity contribution in [1.82, 2.24) is 15.1 Å². The lowest BCUT2D eigenvalue weighted by molar-refractivity contribution is -0.123. The standard InChI is InChI=1S/C18H29N3O2S/c1-18(2,21-8-10-23-11-9-21)14-19-17(22)13-20-7-3-5-15(20)16-6-4-12-24-16/h4,6,12,15H,3,5,7-11,13-14H2,1-2H3,(H,19,22). The van der Waals surface area contributed by atoms with E-state index in [0.717, 1.165) is 39.3 Å². The highest BCUT2D eigenvalue weighted by Gasteiger charge is 2.31. The summed E-state index contributed by atoms with van der Waals surface area (Å²) in [5, 5.41) is 5.28. The third-order valence-corrected chi connectivity index (χ3v) is 6.14. The second-order valence-corrected chi connectivity index (χ2v) is 8.31.